The van der Waals surface area contributed by atoms with Gasteiger partial charge in [-0.05, 0) is 6.42 Å². The molecule has 1 aromatic rings. The second-order valence-electron chi connectivity index (χ2n) is 3.01. The summed E-state index contributed by atoms with van der Waals surface area (Å²) in [5, 5.41) is 8.89. The second-order valence-corrected chi connectivity index (χ2v) is 3.01. The standard InChI is InChI=1S/C9H16N4O/c1-2-3-13(4-5-14)9-8(10)6-11-7-12-9/h6-7,14H,2-5,10H2,1H3. The Hall–Kier alpha value is -1.36. The molecule has 0 aliphatic rings. The molecule has 0 saturated heterocycles. The molecule has 0 aliphatic carbocycles. The highest BCUT2D eigenvalue weighted by molar-refractivity contribution is 5.60. The predicted molar refractivity (Wildman–Crippen MR) is 56.0 cm³/mol. The van der Waals surface area contributed by atoms with Crippen LogP contribution in [-0.4, -0.2) is 34.8 Å². The van der Waals surface area contributed by atoms with Gasteiger partial charge in [0.1, 0.15) is 6.33 Å². The van der Waals surface area contributed by atoms with Crippen molar-refractivity contribution in [3.63, 3.8) is 0 Å². The third-order valence-corrected chi connectivity index (χ3v) is 1.88. The number of nitrogens with two attached hydrogens (primary N) is 1. The van der Waals surface area contributed by atoms with Crippen LogP contribution < -0.4 is 10.6 Å². The molecule has 3 N–H and O–H groups in total. The van der Waals surface area contributed by atoms with Gasteiger partial charge in [0, 0.05) is 13.1 Å². The molecule has 1 heterocycles. The minimum absolute atomic E-state index is 0.101. The number of rotatable bonds is 5. The number of hydrogen-bond donors (Lipinski definition) is 2. The highest BCUT2D eigenvalue weighted by atomic mass is 16.3. The van der Waals surface area contributed by atoms with Gasteiger partial charge in [-0.3, -0.25) is 0 Å². The molecule has 5 nitrogen and oxygen atoms in total. The van der Waals surface area contributed by atoms with Crippen LogP contribution in [0.1, 0.15) is 13.3 Å². The van der Waals surface area contributed by atoms with Crippen molar-refractivity contribution in [1.29, 1.82) is 0 Å². The quantitative estimate of drug-likeness (QED) is 0.707. The first-order valence-corrected chi connectivity index (χ1v) is 4.70. The lowest BCUT2D eigenvalue weighted by molar-refractivity contribution is 0.301. The fourth-order valence-electron chi connectivity index (χ4n) is 1.31. The van der Waals surface area contributed by atoms with Crippen molar-refractivity contribution < 1.29 is 5.11 Å². The molecule has 0 saturated carbocycles. The molecule has 5 heteroatoms. The Balaban J connectivity index is 2.81. The Morgan fingerprint density at radius 2 is 2.29 bits per heavy atom. The molecule has 0 unspecified atom stereocenters. The van der Waals surface area contributed by atoms with Crippen LogP contribution >= 0.6 is 0 Å². The fourth-order valence-corrected chi connectivity index (χ4v) is 1.31. The van der Waals surface area contributed by atoms with Crippen LogP contribution in [0.25, 0.3) is 0 Å². The Morgan fingerprint density at radius 3 is 2.86 bits per heavy atom. The van der Waals surface area contributed by atoms with E-state index < -0.39 is 0 Å². The van der Waals surface area contributed by atoms with E-state index in [1.807, 2.05) is 4.90 Å². The van der Waals surface area contributed by atoms with E-state index in [0.29, 0.717) is 18.1 Å². The van der Waals surface area contributed by atoms with Crippen molar-refractivity contribution in [3.05, 3.63) is 12.5 Å². The van der Waals surface area contributed by atoms with E-state index in [0.717, 1.165) is 13.0 Å². The molecule has 0 spiro atoms. The number of nitrogen functional groups attached to an aromatic ring is 1. The van der Waals surface area contributed by atoms with Gasteiger partial charge in [0.15, 0.2) is 5.82 Å². The molecule has 0 amide bonds. The summed E-state index contributed by atoms with van der Waals surface area (Å²) in [7, 11) is 0. The number of anilines is 2. The first kappa shape index (κ1) is 10.7. The van der Waals surface area contributed by atoms with E-state index in [9.17, 15) is 0 Å². The zero-order valence-corrected chi connectivity index (χ0v) is 8.35. The van der Waals surface area contributed by atoms with Crippen molar-refractivity contribution in [3.8, 4) is 0 Å². The number of aliphatic hydroxyl groups excluding tert-OH is 1. The van der Waals surface area contributed by atoms with Crippen LogP contribution in [0.3, 0.4) is 0 Å². The van der Waals surface area contributed by atoms with E-state index in [1.165, 1.54) is 6.33 Å². The van der Waals surface area contributed by atoms with E-state index in [1.54, 1.807) is 6.20 Å². The Labute approximate surface area is 83.6 Å². The lowest BCUT2D eigenvalue weighted by atomic mass is 10.3. The molecule has 14 heavy (non-hydrogen) atoms. The molecular formula is C9H16N4O. The van der Waals surface area contributed by atoms with Gasteiger partial charge in [0.25, 0.3) is 0 Å². The smallest absolute Gasteiger partial charge is 0.155 e. The van der Waals surface area contributed by atoms with Gasteiger partial charge >= 0.3 is 0 Å². The average Bonchev–Trinajstić information content (AvgIpc) is 2.18. The van der Waals surface area contributed by atoms with Crippen molar-refractivity contribution in [2.45, 2.75) is 13.3 Å². The molecule has 0 bridgehead atoms. The van der Waals surface area contributed by atoms with E-state index >= 15 is 0 Å². The number of hydrogen-bond acceptors (Lipinski definition) is 5. The number of aliphatic hydroxyl groups is 1. The van der Waals surface area contributed by atoms with Gasteiger partial charge in [0.2, 0.25) is 0 Å². The molecule has 0 radical (unpaired) electrons. The van der Waals surface area contributed by atoms with Crippen LogP contribution in [0.5, 0.6) is 0 Å². The topological polar surface area (TPSA) is 75.3 Å². The lowest BCUT2D eigenvalue weighted by Gasteiger charge is -2.22. The minimum Gasteiger partial charge on any atom is -0.395 e. The van der Waals surface area contributed by atoms with E-state index in [2.05, 4.69) is 16.9 Å². The third kappa shape index (κ3) is 2.56. The Kier molecular flexibility index (Phi) is 4.12. The molecule has 0 aromatic carbocycles. The van der Waals surface area contributed by atoms with Gasteiger partial charge in [-0.2, -0.15) is 0 Å². The predicted octanol–water partition coefficient (Wildman–Crippen LogP) is 0.268. The number of nitrogens with zero attached hydrogens (tertiary/aromatic N) is 3. The molecule has 78 valence electrons. The monoisotopic (exact) mass is 196 g/mol. The van der Waals surface area contributed by atoms with Crippen LogP contribution in [0.15, 0.2) is 12.5 Å². The summed E-state index contributed by atoms with van der Waals surface area (Å²) in [5.74, 6) is 0.705. The molecule has 0 aliphatic heterocycles. The number of aromatic nitrogens is 2. The van der Waals surface area contributed by atoms with Crippen LogP contribution in [0, 0.1) is 0 Å². The Morgan fingerprint density at radius 1 is 1.50 bits per heavy atom. The van der Waals surface area contributed by atoms with Gasteiger partial charge in [-0.15, -0.1) is 0 Å². The third-order valence-electron chi connectivity index (χ3n) is 1.88. The van der Waals surface area contributed by atoms with Gasteiger partial charge in [0.05, 0.1) is 18.5 Å². The minimum atomic E-state index is 0.101. The van der Waals surface area contributed by atoms with Crippen molar-refractivity contribution in [1.82, 2.24) is 9.97 Å². The second kappa shape index (κ2) is 5.39. The molecular weight excluding hydrogens is 180 g/mol. The van der Waals surface area contributed by atoms with E-state index in [-0.39, 0.29) is 6.61 Å². The van der Waals surface area contributed by atoms with Crippen LogP contribution in [0.2, 0.25) is 0 Å². The highest BCUT2D eigenvalue weighted by Crippen LogP contribution is 2.17. The van der Waals surface area contributed by atoms with Gasteiger partial charge in [-0.1, -0.05) is 6.92 Å². The highest BCUT2D eigenvalue weighted by Gasteiger charge is 2.09. The summed E-state index contributed by atoms with van der Waals surface area (Å²) >= 11 is 0. The van der Waals surface area contributed by atoms with Crippen LogP contribution in [0.4, 0.5) is 11.5 Å². The lowest BCUT2D eigenvalue weighted by Crippen LogP contribution is -2.29. The largest absolute Gasteiger partial charge is 0.395 e. The van der Waals surface area contributed by atoms with Crippen LogP contribution in [-0.2, 0) is 0 Å². The average molecular weight is 196 g/mol. The summed E-state index contributed by atoms with van der Waals surface area (Å²) in [6.45, 7) is 3.56. The van der Waals surface area contributed by atoms with Gasteiger partial charge in [-0.25, -0.2) is 9.97 Å². The first-order valence-electron chi connectivity index (χ1n) is 4.70. The zero-order chi connectivity index (χ0) is 10.4. The molecule has 0 atom stereocenters. The summed E-state index contributed by atoms with van der Waals surface area (Å²) in [4.78, 5) is 9.87. The SMILES string of the molecule is CCCN(CCO)c1ncncc1N. The normalized spacial score (nSPS) is 10.1. The van der Waals surface area contributed by atoms with Gasteiger partial charge < -0.3 is 15.7 Å². The summed E-state index contributed by atoms with van der Waals surface area (Å²) in [5.41, 5.74) is 6.28. The summed E-state index contributed by atoms with van der Waals surface area (Å²) in [6.07, 6.45) is 4.03. The Bertz CT molecular complexity index is 273. The maximum absolute atomic E-state index is 8.89. The van der Waals surface area contributed by atoms with Crippen molar-refractivity contribution in [2.75, 3.05) is 30.3 Å². The summed E-state index contributed by atoms with van der Waals surface area (Å²) < 4.78 is 0. The zero-order valence-electron chi connectivity index (χ0n) is 8.35. The first-order chi connectivity index (χ1) is 6.79. The fraction of sp³-hybridized carbons (Fsp3) is 0.556. The van der Waals surface area contributed by atoms with Crippen molar-refractivity contribution >= 4 is 11.5 Å². The maximum Gasteiger partial charge on any atom is 0.155 e. The van der Waals surface area contributed by atoms with E-state index in [4.69, 9.17) is 10.8 Å². The molecule has 1 aromatic heterocycles. The molecule has 1 rings (SSSR count). The summed E-state index contributed by atoms with van der Waals surface area (Å²) in [6, 6.07) is 0. The maximum atomic E-state index is 8.89. The van der Waals surface area contributed by atoms with Crippen molar-refractivity contribution in [2.24, 2.45) is 0 Å². The molecule has 0 fully saturated rings.